The molecule has 12 heteroatoms. The van der Waals surface area contributed by atoms with Crippen molar-refractivity contribution in [2.24, 2.45) is 17.8 Å². The molecule has 1 saturated heterocycles. The Balaban J connectivity index is 2.38. The quantitative estimate of drug-likeness (QED) is 0.204. The second-order valence-electron chi connectivity index (χ2n) is 11.9. The number of aromatic carboxylic acids is 1. The molecular formula is C29H48N4O7S. The summed E-state index contributed by atoms with van der Waals surface area (Å²) >= 11 is 1.03. The highest BCUT2D eigenvalue weighted by atomic mass is 32.1. The average Bonchev–Trinajstić information content (AvgIpc) is 3.41. The summed E-state index contributed by atoms with van der Waals surface area (Å²) < 4.78 is 5.56. The van der Waals surface area contributed by atoms with Crippen molar-refractivity contribution >= 4 is 35.1 Å². The molecule has 2 rings (SSSR count). The lowest BCUT2D eigenvalue weighted by Gasteiger charge is -2.39. The molecule has 1 aliphatic rings. The number of carboxylic acids is 1. The first-order valence-electron chi connectivity index (χ1n) is 14.6. The van der Waals surface area contributed by atoms with Gasteiger partial charge in [0, 0.05) is 24.3 Å². The molecule has 0 unspecified atom stereocenters. The molecule has 0 bridgehead atoms. The third kappa shape index (κ3) is 10.0. The van der Waals surface area contributed by atoms with Crippen LogP contribution in [0.1, 0.15) is 102 Å². The van der Waals surface area contributed by atoms with Gasteiger partial charge in [0.25, 0.3) is 0 Å². The number of carbonyl (C=O) groups is 4. The smallest absolute Gasteiger partial charge is 0.355 e. The van der Waals surface area contributed by atoms with Gasteiger partial charge < -0.3 is 25.2 Å². The zero-order valence-corrected chi connectivity index (χ0v) is 26.3. The van der Waals surface area contributed by atoms with Crippen LogP contribution in [0.5, 0.6) is 0 Å². The Morgan fingerprint density at radius 2 is 1.88 bits per heavy atom. The van der Waals surface area contributed by atoms with Crippen LogP contribution in [0.2, 0.25) is 0 Å². The van der Waals surface area contributed by atoms with Crippen LogP contribution in [0, 0.1) is 17.8 Å². The van der Waals surface area contributed by atoms with E-state index < -0.39 is 30.1 Å². The number of aliphatic hydroxyl groups is 1. The zero-order valence-electron chi connectivity index (χ0n) is 25.5. The molecule has 232 valence electrons. The number of hydrogen-bond donors (Lipinski definition) is 3. The number of aliphatic hydroxyl groups excluding tert-OH is 1. The number of likely N-dealkylation sites (tertiary alicyclic amines) is 1. The van der Waals surface area contributed by atoms with Gasteiger partial charge >= 0.3 is 11.9 Å². The lowest BCUT2D eigenvalue weighted by Crippen LogP contribution is -2.59. The number of carboxylic acid groups (broad SMARTS) is 1. The summed E-state index contributed by atoms with van der Waals surface area (Å²) in [4.78, 5) is 58.9. The van der Waals surface area contributed by atoms with Crippen LogP contribution in [0.25, 0.3) is 0 Å². The lowest BCUT2D eigenvalue weighted by atomic mass is 9.92. The second kappa shape index (κ2) is 16.2. The third-order valence-corrected chi connectivity index (χ3v) is 8.68. The van der Waals surface area contributed by atoms with Crippen LogP contribution in [-0.2, 0) is 19.1 Å². The summed E-state index contributed by atoms with van der Waals surface area (Å²) in [5.74, 6) is -2.53. The Labute approximate surface area is 247 Å². The van der Waals surface area contributed by atoms with Crippen molar-refractivity contribution in [3.63, 3.8) is 0 Å². The molecule has 0 spiro atoms. The van der Waals surface area contributed by atoms with Crippen LogP contribution in [0.15, 0.2) is 5.38 Å². The van der Waals surface area contributed by atoms with Crippen LogP contribution >= 0.6 is 11.3 Å². The number of hydrogen-bond acceptors (Lipinski definition) is 9. The number of nitrogens with one attached hydrogen (secondary N) is 1. The molecule has 0 radical (unpaired) electrons. The van der Waals surface area contributed by atoms with E-state index in [2.05, 4.69) is 10.3 Å². The zero-order chi connectivity index (χ0) is 30.9. The first-order valence-corrected chi connectivity index (χ1v) is 15.5. The summed E-state index contributed by atoms with van der Waals surface area (Å²) in [6.07, 6.45) is 2.40. The normalized spacial score (nSPS) is 18.9. The Hall–Kier alpha value is -2.57. The monoisotopic (exact) mass is 596 g/mol. The number of rotatable bonds is 15. The van der Waals surface area contributed by atoms with Crippen molar-refractivity contribution in [1.29, 1.82) is 0 Å². The van der Waals surface area contributed by atoms with E-state index in [1.54, 1.807) is 0 Å². The van der Waals surface area contributed by atoms with E-state index in [1.165, 1.54) is 10.3 Å². The number of likely N-dealkylation sites (N-methyl/N-ethyl adjacent to an activating group) is 1. The molecule has 1 aromatic heterocycles. The van der Waals surface area contributed by atoms with Crippen molar-refractivity contribution in [2.45, 2.75) is 104 Å². The summed E-state index contributed by atoms with van der Waals surface area (Å²) in [5, 5.41) is 24.9. The minimum Gasteiger partial charge on any atom is -0.476 e. The van der Waals surface area contributed by atoms with Gasteiger partial charge in [0.05, 0.1) is 6.04 Å². The first kappa shape index (κ1) is 34.6. The van der Waals surface area contributed by atoms with Crippen LogP contribution in [0.3, 0.4) is 0 Å². The third-order valence-electron chi connectivity index (χ3n) is 7.73. The van der Waals surface area contributed by atoms with E-state index in [9.17, 15) is 29.4 Å². The number of nitrogens with zero attached hydrogens (tertiary/aromatic N) is 3. The number of ether oxygens (including phenoxy) is 1. The van der Waals surface area contributed by atoms with Crippen molar-refractivity contribution in [3.05, 3.63) is 16.1 Å². The molecule has 41 heavy (non-hydrogen) atoms. The lowest BCUT2D eigenvalue weighted by molar-refractivity contribution is -0.160. The van der Waals surface area contributed by atoms with Gasteiger partial charge in [0.2, 0.25) is 11.8 Å². The fourth-order valence-corrected chi connectivity index (χ4v) is 5.79. The SMILES string of the molecule is CC[C@H](C)[C@H](NC(=O)[C@H]1CCCCN1C)C(=O)N(COC(=O)CC(C)C)[C@H](C[C@@H](O)c1nc(C(=O)O)cs1)C(C)C. The summed E-state index contributed by atoms with van der Waals surface area (Å²) in [6, 6.07) is -1.78. The average molecular weight is 597 g/mol. The second-order valence-corrected chi connectivity index (χ2v) is 12.7. The van der Waals surface area contributed by atoms with E-state index in [-0.39, 0.29) is 65.9 Å². The maximum Gasteiger partial charge on any atom is 0.355 e. The van der Waals surface area contributed by atoms with E-state index in [1.807, 2.05) is 53.5 Å². The molecule has 1 fully saturated rings. The highest BCUT2D eigenvalue weighted by Gasteiger charge is 2.38. The van der Waals surface area contributed by atoms with Crippen LogP contribution in [0.4, 0.5) is 0 Å². The van der Waals surface area contributed by atoms with Gasteiger partial charge in [-0.15, -0.1) is 11.3 Å². The highest BCUT2D eigenvalue weighted by molar-refractivity contribution is 7.09. The van der Waals surface area contributed by atoms with Gasteiger partial charge in [0.15, 0.2) is 12.4 Å². The molecule has 2 amide bonds. The van der Waals surface area contributed by atoms with Gasteiger partial charge in [-0.05, 0) is 44.2 Å². The first-order chi connectivity index (χ1) is 19.3. The van der Waals surface area contributed by atoms with Crippen molar-refractivity contribution in [3.8, 4) is 0 Å². The molecule has 11 nitrogen and oxygen atoms in total. The maximum atomic E-state index is 14.3. The fraction of sp³-hybridized carbons (Fsp3) is 0.759. The molecule has 1 aliphatic heterocycles. The van der Waals surface area contributed by atoms with E-state index >= 15 is 0 Å². The molecule has 3 N–H and O–H groups in total. The van der Waals surface area contributed by atoms with Gasteiger partial charge in [-0.1, -0.05) is 54.4 Å². The number of amides is 2. The van der Waals surface area contributed by atoms with Crippen molar-refractivity contribution in [1.82, 2.24) is 20.1 Å². The van der Waals surface area contributed by atoms with Gasteiger partial charge in [0.1, 0.15) is 17.2 Å². The molecule has 1 aromatic rings. The van der Waals surface area contributed by atoms with E-state index in [4.69, 9.17) is 4.74 Å². The summed E-state index contributed by atoms with van der Waals surface area (Å²) in [6.45, 7) is 11.9. The fourth-order valence-electron chi connectivity index (χ4n) is 5.00. The van der Waals surface area contributed by atoms with Crippen LogP contribution in [-0.4, -0.2) is 87.2 Å². The molecular weight excluding hydrogens is 548 g/mol. The van der Waals surface area contributed by atoms with Gasteiger partial charge in [-0.3, -0.25) is 19.3 Å². The van der Waals surface area contributed by atoms with E-state index in [0.29, 0.717) is 12.8 Å². The van der Waals surface area contributed by atoms with Crippen molar-refractivity contribution < 1.29 is 34.1 Å². The Morgan fingerprint density at radius 3 is 2.41 bits per heavy atom. The largest absolute Gasteiger partial charge is 0.476 e. The Kier molecular flexibility index (Phi) is 13.7. The number of esters is 1. The minimum absolute atomic E-state index is 0.0459. The van der Waals surface area contributed by atoms with E-state index in [0.717, 1.165) is 30.7 Å². The molecule has 0 aliphatic carbocycles. The Morgan fingerprint density at radius 1 is 1.20 bits per heavy atom. The highest BCUT2D eigenvalue weighted by Crippen LogP contribution is 2.29. The van der Waals surface area contributed by atoms with Gasteiger partial charge in [-0.2, -0.15) is 0 Å². The summed E-state index contributed by atoms with van der Waals surface area (Å²) in [5.41, 5.74) is -0.159. The van der Waals surface area contributed by atoms with Crippen LogP contribution < -0.4 is 5.32 Å². The van der Waals surface area contributed by atoms with Gasteiger partial charge in [-0.25, -0.2) is 9.78 Å². The number of aromatic nitrogens is 1. The number of carbonyl (C=O) groups excluding carboxylic acids is 3. The topological polar surface area (TPSA) is 149 Å². The summed E-state index contributed by atoms with van der Waals surface area (Å²) in [7, 11) is 1.91. The molecule has 5 atom stereocenters. The molecule has 2 heterocycles. The number of thiazole rings is 1. The predicted molar refractivity (Wildman–Crippen MR) is 156 cm³/mol. The molecule has 0 saturated carbocycles. The molecule has 0 aromatic carbocycles. The standard InChI is InChI=1S/C29H48N4O7S/c1-8-19(6)25(31-26(36)21-11-9-10-12-32(21)7)28(37)33(16-40-24(35)13-17(2)3)22(18(4)5)14-23(34)27-30-20(15-41-27)29(38)39/h15,17-19,21-23,25,34H,8-14,16H2,1-7H3,(H,31,36)(H,38,39)/t19-,21+,22+,23+,25-/m0/s1. The number of piperidine rings is 1. The van der Waals surface area contributed by atoms with Crippen molar-refractivity contribution in [2.75, 3.05) is 20.3 Å². The predicted octanol–water partition coefficient (Wildman–Crippen LogP) is 3.68. The minimum atomic E-state index is -1.19. The maximum absolute atomic E-state index is 14.3. The Bertz CT molecular complexity index is 1030.